The molecule has 0 aliphatic carbocycles. The van der Waals surface area contributed by atoms with Crippen molar-refractivity contribution in [1.82, 2.24) is 0 Å². The monoisotopic (exact) mass is 942 g/mol. The zero-order valence-corrected chi connectivity index (χ0v) is 42.3. The van der Waals surface area contributed by atoms with E-state index in [0.29, 0.717) is 0 Å². The molecule has 0 unspecified atom stereocenters. The van der Waals surface area contributed by atoms with Gasteiger partial charge in [-0.15, -0.1) is 6.42 Å². The van der Waals surface area contributed by atoms with Gasteiger partial charge in [0.2, 0.25) is 0 Å². The summed E-state index contributed by atoms with van der Waals surface area (Å²) in [6.07, 6.45) is 14.9. The Bertz CT molecular complexity index is 3230. The molecule has 73 heavy (non-hydrogen) atoms. The van der Waals surface area contributed by atoms with Gasteiger partial charge in [0, 0.05) is 39.7 Å². The second-order valence-corrected chi connectivity index (χ2v) is 17.1. The molecule has 0 spiro atoms. The van der Waals surface area contributed by atoms with E-state index < -0.39 is 0 Å². The number of allylic oxidation sites excluding steroid dienone is 4. The standard InChI is InChI=1S/C62H44N2.C7H12.C2H6/c1-2-46-18-20-49(21-19-46)50-22-24-51(25-23-50)54-30-40-58(41-31-54)63(57-16-10-5-11-17-57)59-42-32-55(33-43-59)56-34-44-62(45-35-56)64(60-36-26-52(27-37-60)47-12-6-3-7-13-47)61-38-28-53(29-39-61)48-14-8-4-9-15-48;1-3-5-7-6-4-2;1-2/h1,3-45H;3,5-7H,4H2,1-2H3;1-2H3/b;5-3-,7-6-;. The fourth-order valence-corrected chi connectivity index (χ4v) is 8.69. The van der Waals surface area contributed by atoms with E-state index >= 15 is 0 Å². The third kappa shape index (κ3) is 12.8. The van der Waals surface area contributed by atoms with Crippen LogP contribution in [0.1, 0.15) is 39.7 Å². The molecule has 0 aliphatic heterocycles. The van der Waals surface area contributed by atoms with Gasteiger partial charge in [0.25, 0.3) is 0 Å². The predicted molar refractivity (Wildman–Crippen MR) is 317 cm³/mol. The average Bonchev–Trinajstić information content (AvgIpc) is 3.48. The molecular formula is C71H62N2. The van der Waals surface area contributed by atoms with Crippen LogP contribution in [-0.4, -0.2) is 0 Å². The highest BCUT2D eigenvalue weighted by Crippen LogP contribution is 2.40. The molecule has 10 aromatic rings. The van der Waals surface area contributed by atoms with Crippen LogP contribution in [-0.2, 0) is 0 Å². The van der Waals surface area contributed by atoms with Crippen molar-refractivity contribution < 1.29 is 0 Å². The van der Waals surface area contributed by atoms with Gasteiger partial charge in [-0.05, 0) is 154 Å². The highest BCUT2D eigenvalue weighted by atomic mass is 15.1. The second kappa shape index (κ2) is 25.6. The summed E-state index contributed by atoms with van der Waals surface area (Å²) in [5.74, 6) is 2.70. The minimum absolute atomic E-state index is 0.887. The van der Waals surface area contributed by atoms with Crippen LogP contribution in [0.5, 0.6) is 0 Å². The number of hydrogen-bond donors (Lipinski definition) is 0. The van der Waals surface area contributed by atoms with Gasteiger partial charge in [-0.1, -0.05) is 227 Å². The summed E-state index contributed by atoms with van der Waals surface area (Å²) in [5, 5.41) is 0. The maximum absolute atomic E-state index is 5.56. The average molecular weight is 943 g/mol. The molecule has 2 nitrogen and oxygen atoms in total. The molecule has 0 heterocycles. The van der Waals surface area contributed by atoms with Crippen molar-refractivity contribution in [3.05, 3.63) is 291 Å². The van der Waals surface area contributed by atoms with Crippen molar-refractivity contribution in [2.24, 2.45) is 0 Å². The fraction of sp³-hybridized carbons (Fsp3) is 0.0704. The number of nitrogens with zero attached hydrogens (tertiary/aromatic N) is 2. The molecule has 0 fully saturated rings. The maximum atomic E-state index is 5.56. The second-order valence-electron chi connectivity index (χ2n) is 17.1. The number of rotatable bonds is 13. The Morgan fingerprint density at radius 2 is 0.548 bits per heavy atom. The van der Waals surface area contributed by atoms with Crippen LogP contribution in [0.2, 0.25) is 0 Å². The van der Waals surface area contributed by atoms with Crippen molar-refractivity contribution >= 4 is 34.1 Å². The number of anilines is 6. The van der Waals surface area contributed by atoms with Gasteiger partial charge < -0.3 is 9.80 Å². The predicted octanol–water partition coefficient (Wildman–Crippen LogP) is 20.5. The summed E-state index contributed by atoms with van der Waals surface area (Å²) in [4.78, 5) is 4.64. The van der Waals surface area contributed by atoms with Crippen LogP contribution in [0.15, 0.2) is 285 Å². The van der Waals surface area contributed by atoms with Crippen LogP contribution in [0, 0.1) is 12.3 Å². The van der Waals surface area contributed by atoms with Crippen LogP contribution >= 0.6 is 0 Å². The molecule has 10 rings (SSSR count). The maximum Gasteiger partial charge on any atom is 0.0462 e. The first-order chi connectivity index (χ1) is 36.1. The number of benzene rings is 10. The lowest BCUT2D eigenvalue weighted by Crippen LogP contribution is -2.10. The summed E-state index contributed by atoms with van der Waals surface area (Å²) in [7, 11) is 0. The molecular weight excluding hydrogens is 881 g/mol. The van der Waals surface area contributed by atoms with E-state index in [1.165, 1.54) is 27.8 Å². The minimum Gasteiger partial charge on any atom is -0.311 e. The van der Waals surface area contributed by atoms with Gasteiger partial charge in [-0.3, -0.25) is 0 Å². The summed E-state index contributed by atoms with van der Waals surface area (Å²) in [6.45, 7) is 8.14. The van der Waals surface area contributed by atoms with E-state index in [9.17, 15) is 0 Å². The lowest BCUT2D eigenvalue weighted by Gasteiger charge is -2.26. The SMILES string of the molecule is C#Cc1ccc(-c2ccc(-c3ccc(N(c4ccccc4)c4ccc(-c5ccc(N(c6ccc(-c7ccccc7)cc6)c6ccc(-c7ccccc7)cc6)cc5)cc4)cc3)cc2)cc1.C/C=C\C=C/CC.CC. The Morgan fingerprint density at radius 3 is 0.808 bits per heavy atom. The van der Waals surface area contributed by atoms with Crippen molar-refractivity contribution in [3.8, 4) is 68.0 Å². The van der Waals surface area contributed by atoms with Crippen molar-refractivity contribution in [3.63, 3.8) is 0 Å². The Kier molecular flexibility index (Phi) is 17.6. The quantitative estimate of drug-likeness (QED) is 0.0839. The molecule has 0 N–H and O–H groups in total. The van der Waals surface area contributed by atoms with Gasteiger partial charge >= 0.3 is 0 Å². The first-order valence-electron chi connectivity index (χ1n) is 25.3. The first kappa shape index (κ1) is 50.2. The van der Waals surface area contributed by atoms with Gasteiger partial charge in [-0.25, -0.2) is 0 Å². The first-order valence-corrected chi connectivity index (χ1v) is 25.3. The summed E-state index contributed by atoms with van der Waals surface area (Å²) >= 11 is 0. The summed E-state index contributed by atoms with van der Waals surface area (Å²) in [6, 6.07) is 92.8. The third-order valence-corrected chi connectivity index (χ3v) is 12.5. The van der Waals surface area contributed by atoms with E-state index in [4.69, 9.17) is 6.42 Å². The molecule has 0 amide bonds. The molecule has 356 valence electrons. The van der Waals surface area contributed by atoms with E-state index in [-0.39, 0.29) is 0 Å². The normalized spacial score (nSPS) is 10.7. The van der Waals surface area contributed by atoms with Gasteiger partial charge in [-0.2, -0.15) is 0 Å². The van der Waals surface area contributed by atoms with Crippen LogP contribution < -0.4 is 9.80 Å². The lowest BCUT2D eigenvalue weighted by molar-refractivity contribution is 1.22. The molecule has 0 aromatic heterocycles. The highest BCUT2D eigenvalue weighted by Gasteiger charge is 2.16. The molecule has 0 aliphatic rings. The smallest absolute Gasteiger partial charge is 0.0462 e. The van der Waals surface area contributed by atoms with Crippen LogP contribution in [0.3, 0.4) is 0 Å². The van der Waals surface area contributed by atoms with Crippen molar-refractivity contribution in [2.75, 3.05) is 9.80 Å². The Hall–Kier alpha value is -9.16. The minimum atomic E-state index is 0.887. The molecule has 0 radical (unpaired) electrons. The van der Waals surface area contributed by atoms with E-state index in [1.54, 1.807) is 0 Å². The zero-order valence-electron chi connectivity index (χ0n) is 42.3. The molecule has 0 saturated carbocycles. The zero-order chi connectivity index (χ0) is 50.6. The van der Waals surface area contributed by atoms with Gasteiger partial charge in [0.05, 0.1) is 0 Å². The van der Waals surface area contributed by atoms with Gasteiger partial charge in [0.1, 0.15) is 0 Å². The highest BCUT2D eigenvalue weighted by molar-refractivity contribution is 5.83. The largest absolute Gasteiger partial charge is 0.311 e. The Balaban J connectivity index is 0.000000730. The molecule has 0 atom stereocenters. The van der Waals surface area contributed by atoms with Gasteiger partial charge in [0.15, 0.2) is 0 Å². The summed E-state index contributed by atoms with van der Waals surface area (Å²) < 4.78 is 0. The van der Waals surface area contributed by atoms with Crippen molar-refractivity contribution in [1.29, 1.82) is 0 Å². The summed E-state index contributed by atoms with van der Waals surface area (Å²) in [5.41, 5.74) is 19.2. The van der Waals surface area contributed by atoms with Crippen LogP contribution in [0.4, 0.5) is 34.1 Å². The number of terminal acetylenes is 1. The third-order valence-electron chi connectivity index (χ3n) is 12.5. The van der Waals surface area contributed by atoms with E-state index in [0.717, 1.165) is 73.9 Å². The Labute approximate surface area is 434 Å². The number of hydrogen-bond acceptors (Lipinski definition) is 2. The van der Waals surface area contributed by atoms with E-state index in [2.05, 4.69) is 284 Å². The van der Waals surface area contributed by atoms with Crippen LogP contribution in [0.25, 0.3) is 55.6 Å². The lowest BCUT2D eigenvalue weighted by atomic mass is 9.99. The Morgan fingerprint density at radius 1 is 0.315 bits per heavy atom. The molecule has 0 bridgehead atoms. The molecule has 0 saturated heterocycles. The molecule has 10 aromatic carbocycles. The van der Waals surface area contributed by atoms with E-state index in [1.807, 2.05) is 45.1 Å². The number of para-hydroxylation sites is 1. The topological polar surface area (TPSA) is 6.48 Å². The fourth-order valence-electron chi connectivity index (χ4n) is 8.69. The molecule has 2 heteroatoms. The van der Waals surface area contributed by atoms with Crippen molar-refractivity contribution in [2.45, 2.75) is 34.1 Å².